The Hall–Kier alpha value is -2.04. The summed E-state index contributed by atoms with van der Waals surface area (Å²) in [5.41, 5.74) is 0.856. The van der Waals surface area contributed by atoms with Gasteiger partial charge in [-0.05, 0) is 30.7 Å². The van der Waals surface area contributed by atoms with E-state index in [1.165, 1.54) is 4.90 Å². The first-order chi connectivity index (χ1) is 14.9. The van der Waals surface area contributed by atoms with Crippen LogP contribution in [0.25, 0.3) is 0 Å². The summed E-state index contributed by atoms with van der Waals surface area (Å²) in [6, 6.07) is 9.53. The summed E-state index contributed by atoms with van der Waals surface area (Å²) in [6.45, 7) is 1.92. The SMILES string of the molecule is Cc1ccc(CC(=O)N=C2SC3CS(=O)(=O)CC3N2c2cc(C(F)(F)F)ccc2Cl)cc1. The van der Waals surface area contributed by atoms with Gasteiger partial charge in [-0.25, -0.2) is 8.42 Å². The minimum absolute atomic E-state index is 0.0134. The number of aliphatic imine (C=N–C) groups is 1. The van der Waals surface area contributed by atoms with Crippen LogP contribution in [0.4, 0.5) is 18.9 Å². The summed E-state index contributed by atoms with van der Waals surface area (Å²) in [5, 5.41) is -0.271. The van der Waals surface area contributed by atoms with Gasteiger partial charge in [0, 0.05) is 5.25 Å². The van der Waals surface area contributed by atoms with Crippen molar-refractivity contribution in [3.05, 3.63) is 64.2 Å². The van der Waals surface area contributed by atoms with E-state index in [0.29, 0.717) is 0 Å². The Kier molecular flexibility index (Phi) is 6.06. The largest absolute Gasteiger partial charge is 0.416 e. The van der Waals surface area contributed by atoms with Gasteiger partial charge < -0.3 is 4.90 Å². The molecular weight excluding hydrogens is 485 g/mol. The molecule has 0 aromatic heterocycles. The van der Waals surface area contributed by atoms with Crippen molar-refractivity contribution >= 4 is 50.0 Å². The first kappa shape index (κ1) is 23.1. The quantitative estimate of drug-likeness (QED) is 0.617. The van der Waals surface area contributed by atoms with Crippen molar-refractivity contribution < 1.29 is 26.4 Å². The maximum Gasteiger partial charge on any atom is 0.416 e. The second kappa shape index (κ2) is 8.39. The fraction of sp³-hybridized carbons (Fsp3) is 0.333. The fourth-order valence-corrected chi connectivity index (χ4v) is 7.88. The van der Waals surface area contributed by atoms with Gasteiger partial charge >= 0.3 is 6.18 Å². The molecular formula is C21H18ClF3N2O3S2. The van der Waals surface area contributed by atoms with Crippen LogP contribution in [0, 0.1) is 6.92 Å². The van der Waals surface area contributed by atoms with Crippen LogP contribution >= 0.6 is 23.4 Å². The number of nitrogens with zero attached hydrogens (tertiary/aromatic N) is 2. The third-order valence-corrected chi connectivity index (χ3v) is 8.83. The molecule has 0 N–H and O–H groups in total. The number of carbonyl (C=O) groups excluding carboxylic acids is 1. The van der Waals surface area contributed by atoms with Gasteiger partial charge in [-0.2, -0.15) is 18.2 Å². The number of hydrogen-bond donors (Lipinski definition) is 0. The first-order valence-corrected chi connectivity index (χ1v) is 12.7. The Morgan fingerprint density at radius 3 is 2.53 bits per heavy atom. The molecule has 2 heterocycles. The number of hydrogen-bond acceptors (Lipinski definition) is 4. The fourth-order valence-electron chi connectivity index (χ4n) is 3.75. The average Bonchev–Trinajstić information content (AvgIpc) is 3.14. The average molecular weight is 503 g/mol. The second-order valence-corrected chi connectivity index (χ2v) is 11.6. The number of halogens is 4. The van der Waals surface area contributed by atoms with E-state index in [1.54, 1.807) is 12.1 Å². The Labute approximate surface area is 192 Å². The zero-order valence-corrected chi connectivity index (χ0v) is 19.2. The molecule has 2 atom stereocenters. The van der Waals surface area contributed by atoms with E-state index in [2.05, 4.69) is 4.99 Å². The molecule has 1 amide bonds. The maximum atomic E-state index is 13.3. The molecule has 2 saturated heterocycles. The smallest absolute Gasteiger partial charge is 0.314 e. The Morgan fingerprint density at radius 1 is 1.19 bits per heavy atom. The summed E-state index contributed by atoms with van der Waals surface area (Å²) in [6.07, 6.45) is -4.59. The molecule has 2 aromatic carbocycles. The van der Waals surface area contributed by atoms with Crippen molar-refractivity contribution in [1.82, 2.24) is 0 Å². The Morgan fingerprint density at radius 2 is 1.88 bits per heavy atom. The lowest BCUT2D eigenvalue weighted by atomic mass is 10.1. The second-order valence-electron chi connectivity index (χ2n) is 7.78. The van der Waals surface area contributed by atoms with E-state index >= 15 is 0 Å². The van der Waals surface area contributed by atoms with Crippen molar-refractivity contribution in [1.29, 1.82) is 0 Å². The van der Waals surface area contributed by atoms with Gasteiger partial charge in [0.05, 0.1) is 40.2 Å². The molecule has 5 nitrogen and oxygen atoms in total. The molecule has 2 aliphatic heterocycles. The van der Waals surface area contributed by atoms with Gasteiger partial charge in [-0.1, -0.05) is 53.2 Å². The predicted octanol–water partition coefficient (Wildman–Crippen LogP) is 4.51. The van der Waals surface area contributed by atoms with E-state index < -0.39 is 38.8 Å². The van der Waals surface area contributed by atoms with Gasteiger partial charge in [0.25, 0.3) is 5.91 Å². The van der Waals surface area contributed by atoms with E-state index in [0.717, 1.165) is 41.1 Å². The number of amides is 1. The minimum Gasteiger partial charge on any atom is -0.314 e. The van der Waals surface area contributed by atoms with E-state index in [-0.39, 0.29) is 33.8 Å². The van der Waals surface area contributed by atoms with E-state index in [1.807, 2.05) is 19.1 Å². The number of rotatable bonds is 3. The minimum atomic E-state index is -4.61. The van der Waals surface area contributed by atoms with Crippen LogP contribution in [0.5, 0.6) is 0 Å². The number of benzene rings is 2. The number of amidine groups is 1. The molecule has 2 aromatic rings. The van der Waals surface area contributed by atoms with Crippen LogP contribution < -0.4 is 4.90 Å². The normalized spacial score (nSPS) is 23.5. The number of sulfone groups is 1. The number of alkyl halides is 3. The van der Waals surface area contributed by atoms with Crippen molar-refractivity contribution in [2.45, 2.75) is 30.8 Å². The van der Waals surface area contributed by atoms with Gasteiger partial charge in [0.15, 0.2) is 15.0 Å². The van der Waals surface area contributed by atoms with Crippen LogP contribution in [0.3, 0.4) is 0 Å². The third-order valence-electron chi connectivity index (χ3n) is 5.30. The van der Waals surface area contributed by atoms with Crippen LogP contribution in [-0.4, -0.2) is 42.3 Å². The standard InChI is InChI=1S/C21H18ClF3N2O3S2/c1-12-2-4-13(5-3-12)8-19(28)26-20-27(17-10-32(29,30)11-18(17)31-20)16-9-14(21(23,24)25)6-7-15(16)22/h2-7,9,17-18H,8,10-11H2,1H3. The molecule has 2 fully saturated rings. The zero-order valence-electron chi connectivity index (χ0n) is 16.8. The van der Waals surface area contributed by atoms with E-state index in [4.69, 9.17) is 11.6 Å². The molecule has 170 valence electrons. The lowest BCUT2D eigenvalue weighted by Crippen LogP contribution is -2.38. The highest BCUT2D eigenvalue weighted by atomic mass is 35.5. The number of thioether (sulfide) groups is 1. The topological polar surface area (TPSA) is 66.8 Å². The van der Waals surface area contributed by atoms with Crippen molar-refractivity contribution in [3.8, 4) is 0 Å². The molecule has 2 aliphatic rings. The first-order valence-electron chi connectivity index (χ1n) is 9.63. The number of aryl methyl sites for hydroxylation is 1. The summed E-state index contributed by atoms with van der Waals surface area (Å²) in [5.74, 6) is -0.865. The molecule has 0 radical (unpaired) electrons. The van der Waals surface area contributed by atoms with Crippen LogP contribution in [-0.2, 0) is 27.2 Å². The Balaban J connectivity index is 1.71. The van der Waals surface area contributed by atoms with Crippen molar-refractivity contribution in [3.63, 3.8) is 0 Å². The number of anilines is 1. The summed E-state index contributed by atoms with van der Waals surface area (Å²) in [4.78, 5) is 18.2. The summed E-state index contributed by atoms with van der Waals surface area (Å²) in [7, 11) is -3.37. The molecule has 11 heteroatoms. The third kappa shape index (κ3) is 4.82. The number of carbonyl (C=O) groups is 1. The molecule has 2 unspecified atom stereocenters. The summed E-state index contributed by atoms with van der Waals surface area (Å²) < 4.78 is 64.3. The van der Waals surface area contributed by atoms with Gasteiger partial charge in [-0.3, -0.25) is 4.79 Å². The predicted molar refractivity (Wildman–Crippen MR) is 120 cm³/mol. The highest BCUT2D eigenvalue weighted by Crippen LogP contribution is 2.44. The number of fused-ring (bicyclic) bond motifs is 1. The summed E-state index contributed by atoms with van der Waals surface area (Å²) >= 11 is 7.31. The lowest BCUT2D eigenvalue weighted by Gasteiger charge is -2.26. The van der Waals surface area contributed by atoms with Crippen LogP contribution in [0.1, 0.15) is 16.7 Å². The Bertz CT molecular complexity index is 1200. The van der Waals surface area contributed by atoms with Crippen molar-refractivity contribution in [2.75, 3.05) is 16.4 Å². The maximum absolute atomic E-state index is 13.3. The lowest BCUT2D eigenvalue weighted by molar-refractivity contribution is -0.137. The van der Waals surface area contributed by atoms with Gasteiger partial charge in [-0.15, -0.1) is 0 Å². The highest BCUT2D eigenvalue weighted by Gasteiger charge is 2.50. The molecule has 0 spiro atoms. The van der Waals surface area contributed by atoms with Gasteiger partial charge in [0.1, 0.15) is 0 Å². The van der Waals surface area contributed by atoms with Crippen LogP contribution in [0.2, 0.25) is 5.02 Å². The molecule has 0 saturated carbocycles. The molecule has 0 bridgehead atoms. The highest BCUT2D eigenvalue weighted by molar-refractivity contribution is 8.16. The zero-order chi connectivity index (χ0) is 23.3. The van der Waals surface area contributed by atoms with E-state index in [9.17, 15) is 26.4 Å². The van der Waals surface area contributed by atoms with Crippen LogP contribution in [0.15, 0.2) is 47.5 Å². The van der Waals surface area contributed by atoms with Gasteiger partial charge in [0.2, 0.25) is 0 Å². The molecule has 4 rings (SSSR count). The van der Waals surface area contributed by atoms with Crippen molar-refractivity contribution in [2.24, 2.45) is 4.99 Å². The molecule has 32 heavy (non-hydrogen) atoms. The molecule has 0 aliphatic carbocycles. The monoisotopic (exact) mass is 502 g/mol.